The Kier molecular flexibility index (Phi) is 6.76. The predicted octanol–water partition coefficient (Wildman–Crippen LogP) is 5.77. The Bertz CT molecular complexity index is 1270. The second-order valence-electron chi connectivity index (χ2n) is 7.40. The Labute approximate surface area is 207 Å². The molecule has 0 radical (unpaired) electrons. The SMILES string of the molecule is Cc1ccc(COc2ccc(/C=C3\C(=O)NC(=O)N(c4ccc(Br)cc4)C3=O)cc2Br)cc1. The Morgan fingerprint density at radius 3 is 2.30 bits per heavy atom. The molecule has 1 aliphatic rings. The van der Waals surface area contributed by atoms with E-state index in [-0.39, 0.29) is 5.57 Å². The lowest BCUT2D eigenvalue weighted by Crippen LogP contribution is -2.54. The molecule has 4 amide bonds. The number of urea groups is 1. The van der Waals surface area contributed by atoms with E-state index in [1.165, 1.54) is 11.6 Å². The predicted molar refractivity (Wildman–Crippen MR) is 133 cm³/mol. The fraction of sp³-hybridized carbons (Fsp3) is 0.0800. The first-order valence-corrected chi connectivity index (χ1v) is 11.6. The lowest BCUT2D eigenvalue weighted by molar-refractivity contribution is -0.122. The largest absolute Gasteiger partial charge is 0.488 e. The number of rotatable bonds is 5. The maximum absolute atomic E-state index is 13.0. The van der Waals surface area contributed by atoms with E-state index >= 15 is 0 Å². The molecule has 8 heteroatoms. The molecule has 3 aromatic carbocycles. The lowest BCUT2D eigenvalue weighted by atomic mass is 10.1. The van der Waals surface area contributed by atoms with Gasteiger partial charge in [0.25, 0.3) is 11.8 Å². The van der Waals surface area contributed by atoms with Crippen molar-refractivity contribution in [3.8, 4) is 5.75 Å². The van der Waals surface area contributed by atoms with Crippen molar-refractivity contribution in [2.75, 3.05) is 4.90 Å². The zero-order chi connectivity index (χ0) is 23.5. The fourth-order valence-electron chi connectivity index (χ4n) is 3.22. The number of amides is 4. The van der Waals surface area contributed by atoms with E-state index in [1.54, 1.807) is 42.5 Å². The van der Waals surface area contributed by atoms with Crippen LogP contribution in [0, 0.1) is 6.92 Å². The summed E-state index contributed by atoms with van der Waals surface area (Å²) in [6, 6.07) is 19.2. The molecular formula is C25H18Br2N2O4. The summed E-state index contributed by atoms with van der Waals surface area (Å²) in [6.45, 7) is 2.43. The minimum absolute atomic E-state index is 0.141. The number of imide groups is 2. The molecule has 0 unspecified atom stereocenters. The van der Waals surface area contributed by atoms with Crippen molar-refractivity contribution >= 4 is 61.5 Å². The van der Waals surface area contributed by atoms with Crippen molar-refractivity contribution in [3.63, 3.8) is 0 Å². The van der Waals surface area contributed by atoms with Gasteiger partial charge in [0.05, 0.1) is 10.2 Å². The molecule has 0 aliphatic carbocycles. The van der Waals surface area contributed by atoms with Crippen LogP contribution in [0.4, 0.5) is 10.5 Å². The molecular weight excluding hydrogens is 552 g/mol. The molecule has 6 nitrogen and oxygen atoms in total. The highest BCUT2D eigenvalue weighted by molar-refractivity contribution is 9.10. The zero-order valence-corrected chi connectivity index (χ0v) is 20.6. The van der Waals surface area contributed by atoms with Crippen molar-refractivity contribution in [1.82, 2.24) is 5.32 Å². The van der Waals surface area contributed by atoms with Crippen LogP contribution >= 0.6 is 31.9 Å². The number of nitrogens with zero attached hydrogens (tertiary/aromatic N) is 1. The normalized spacial score (nSPS) is 15.1. The number of carbonyl (C=O) groups is 3. The highest BCUT2D eigenvalue weighted by atomic mass is 79.9. The quantitative estimate of drug-likeness (QED) is 0.313. The minimum Gasteiger partial charge on any atom is -0.488 e. The Balaban J connectivity index is 1.55. The topological polar surface area (TPSA) is 75.7 Å². The summed E-state index contributed by atoms with van der Waals surface area (Å²) in [5, 5.41) is 2.22. The summed E-state index contributed by atoms with van der Waals surface area (Å²) in [5.74, 6) is -0.806. The van der Waals surface area contributed by atoms with E-state index in [1.807, 2.05) is 31.2 Å². The van der Waals surface area contributed by atoms with Gasteiger partial charge >= 0.3 is 6.03 Å². The van der Waals surface area contributed by atoms with Gasteiger partial charge in [0, 0.05) is 4.47 Å². The van der Waals surface area contributed by atoms with Gasteiger partial charge in [-0.1, -0.05) is 51.8 Å². The molecule has 1 fully saturated rings. The van der Waals surface area contributed by atoms with Crippen LogP contribution in [0.15, 0.2) is 81.2 Å². The van der Waals surface area contributed by atoms with Gasteiger partial charge in [-0.25, -0.2) is 9.69 Å². The van der Waals surface area contributed by atoms with Crippen LogP contribution in [0.1, 0.15) is 16.7 Å². The van der Waals surface area contributed by atoms with Crippen molar-refractivity contribution in [1.29, 1.82) is 0 Å². The van der Waals surface area contributed by atoms with Crippen molar-refractivity contribution in [2.24, 2.45) is 0 Å². The van der Waals surface area contributed by atoms with Gasteiger partial charge in [-0.15, -0.1) is 0 Å². The smallest absolute Gasteiger partial charge is 0.335 e. The monoisotopic (exact) mass is 568 g/mol. The summed E-state index contributed by atoms with van der Waals surface area (Å²) in [5.41, 5.74) is 3.05. The molecule has 0 saturated carbocycles. The summed E-state index contributed by atoms with van der Waals surface area (Å²) in [7, 11) is 0. The molecule has 0 spiro atoms. The summed E-state index contributed by atoms with van der Waals surface area (Å²) in [4.78, 5) is 38.6. The Hall–Kier alpha value is -3.23. The van der Waals surface area contributed by atoms with Crippen molar-refractivity contribution in [3.05, 3.63) is 97.9 Å². The average molecular weight is 570 g/mol. The third kappa shape index (κ3) is 5.23. The molecule has 1 saturated heterocycles. The molecule has 0 bridgehead atoms. The summed E-state index contributed by atoms with van der Waals surface area (Å²) in [6.07, 6.45) is 1.45. The standard InChI is InChI=1S/C25H18Br2N2O4/c1-15-2-4-16(5-3-15)14-33-22-11-6-17(13-21(22)27)12-20-23(30)28-25(32)29(24(20)31)19-9-7-18(26)8-10-19/h2-13H,14H2,1H3,(H,28,30,32)/b20-12+. The van der Waals surface area contributed by atoms with Crippen LogP contribution in [0.5, 0.6) is 5.75 Å². The number of nitrogens with one attached hydrogen (secondary N) is 1. The number of anilines is 1. The molecule has 33 heavy (non-hydrogen) atoms. The maximum atomic E-state index is 13.0. The molecule has 4 rings (SSSR count). The Morgan fingerprint density at radius 1 is 0.939 bits per heavy atom. The summed E-state index contributed by atoms with van der Waals surface area (Å²) >= 11 is 6.80. The molecule has 3 aromatic rings. The number of ether oxygens (including phenoxy) is 1. The number of benzene rings is 3. The first-order valence-electron chi connectivity index (χ1n) is 9.97. The third-order valence-electron chi connectivity index (χ3n) is 4.97. The highest BCUT2D eigenvalue weighted by Crippen LogP contribution is 2.29. The molecule has 166 valence electrons. The van der Waals surface area contributed by atoms with Gasteiger partial charge in [0.15, 0.2) is 0 Å². The van der Waals surface area contributed by atoms with Crippen LogP contribution in [-0.4, -0.2) is 17.8 Å². The Morgan fingerprint density at radius 2 is 1.64 bits per heavy atom. The molecule has 0 atom stereocenters. The molecule has 1 aliphatic heterocycles. The first kappa shape index (κ1) is 22.9. The van der Waals surface area contributed by atoms with Gasteiger partial charge in [0.2, 0.25) is 0 Å². The van der Waals surface area contributed by atoms with Gasteiger partial charge in [-0.2, -0.15) is 0 Å². The van der Waals surface area contributed by atoms with Crippen molar-refractivity contribution < 1.29 is 19.1 Å². The minimum atomic E-state index is -0.787. The number of aryl methyl sites for hydroxylation is 1. The van der Waals surface area contributed by atoms with Gasteiger partial charge in [-0.05, 0) is 76.5 Å². The molecule has 1 N–H and O–H groups in total. The van der Waals surface area contributed by atoms with E-state index in [0.717, 1.165) is 14.9 Å². The van der Waals surface area contributed by atoms with E-state index in [4.69, 9.17) is 4.74 Å². The van der Waals surface area contributed by atoms with Gasteiger partial charge in [-0.3, -0.25) is 14.9 Å². The number of carbonyl (C=O) groups excluding carboxylic acids is 3. The highest BCUT2D eigenvalue weighted by Gasteiger charge is 2.36. The fourth-order valence-corrected chi connectivity index (χ4v) is 3.99. The van der Waals surface area contributed by atoms with Crippen LogP contribution < -0.4 is 15.0 Å². The summed E-state index contributed by atoms with van der Waals surface area (Å²) < 4.78 is 7.36. The average Bonchev–Trinajstić information content (AvgIpc) is 2.78. The first-order chi connectivity index (χ1) is 15.8. The van der Waals surface area contributed by atoms with Crippen LogP contribution in [-0.2, 0) is 16.2 Å². The van der Waals surface area contributed by atoms with E-state index in [2.05, 4.69) is 37.2 Å². The van der Waals surface area contributed by atoms with Gasteiger partial charge < -0.3 is 4.74 Å². The van der Waals surface area contributed by atoms with E-state index in [0.29, 0.717) is 28.1 Å². The second-order valence-corrected chi connectivity index (χ2v) is 9.17. The van der Waals surface area contributed by atoms with Crippen LogP contribution in [0.3, 0.4) is 0 Å². The number of hydrogen-bond acceptors (Lipinski definition) is 4. The van der Waals surface area contributed by atoms with Crippen molar-refractivity contribution in [2.45, 2.75) is 13.5 Å². The number of barbiturate groups is 1. The van der Waals surface area contributed by atoms with Gasteiger partial charge in [0.1, 0.15) is 17.9 Å². The van der Waals surface area contributed by atoms with Crippen LogP contribution in [0.2, 0.25) is 0 Å². The zero-order valence-electron chi connectivity index (χ0n) is 17.5. The third-order valence-corrected chi connectivity index (χ3v) is 6.12. The molecule has 0 aromatic heterocycles. The number of hydrogen-bond donors (Lipinski definition) is 1. The number of halogens is 2. The maximum Gasteiger partial charge on any atom is 0.335 e. The van der Waals surface area contributed by atoms with E-state index in [9.17, 15) is 14.4 Å². The second kappa shape index (κ2) is 9.72. The lowest BCUT2D eigenvalue weighted by Gasteiger charge is -2.26. The van der Waals surface area contributed by atoms with E-state index < -0.39 is 17.8 Å². The molecule has 1 heterocycles. The van der Waals surface area contributed by atoms with Crippen LogP contribution in [0.25, 0.3) is 6.08 Å².